The van der Waals surface area contributed by atoms with Gasteiger partial charge in [-0.25, -0.2) is 8.42 Å². The van der Waals surface area contributed by atoms with Crippen molar-refractivity contribution in [1.82, 2.24) is 10.3 Å². The average Bonchev–Trinajstić information content (AvgIpc) is 2.62. The Morgan fingerprint density at radius 2 is 1.81 bits per heavy atom. The number of hydrogen-bond acceptors (Lipinski definition) is 6. The van der Waals surface area contributed by atoms with Crippen LogP contribution in [0.2, 0.25) is 10.0 Å². The van der Waals surface area contributed by atoms with Crippen LogP contribution in [0.3, 0.4) is 0 Å². The van der Waals surface area contributed by atoms with Crippen molar-refractivity contribution in [2.45, 2.75) is 17.9 Å². The number of nitrogens with zero attached hydrogens (tertiary/aromatic N) is 1. The number of hydrogen-bond donors (Lipinski definition) is 2. The number of hydrazine groups is 1. The Balaban J connectivity index is 1.99. The van der Waals surface area contributed by atoms with Gasteiger partial charge in [0, 0.05) is 17.2 Å². The molecular weight excluding hydrogens is 421 g/mol. The highest BCUT2D eigenvalue weighted by molar-refractivity contribution is 7.89. The fourth-order valence-corrected chi connectivity index (χ4v) is 3.14. The number of nitro benzene ring substituents is 1. The molecule has 144 valence electrons. The highest BCUT2D eigenvalue weighted by Crippen LogP contribution is 2.28. The van der Waals surface area contributed by atoms with Crippen molar-refractivity contribution in [1.29, 1.82) is 0 Å². The summed E-state index contributed by atoms with van der Waals surface area (Å²) in [7, 11) is -4.12. The van der Waals surface area contributed by atoms with Crippen LogP contribution in [0.15, 0.2) is 47.4 Å². The molecule has 0 unspecified atom stereocenters. The van der Waals surface area contributed by atoms with Gasteiger partial charge in [0.1, 0.15) is 5.75 Å². The van der Waals surface area contributed by atoms with Gasteiger partial charge in [-0.3, -0.25) is 20.3 Å². The van der Waals surface area contributed by atoms with Gasteiger partial charge in [0.2, 0.25) is 0 Å². The van der Waals surface area contributed by atoms with Crippen molar-refractivity contribution in [3.8, 4) is 5.75 Å². The number of carbonyl (C=O) groups excluding carboxylic acids is 1. The highest BCUT2D eigenvalue weighted by Gasteiger charge is 2.20. The van der Waals surface area contributed by atoms with Crippen LogP contribution >= 0.6 is 23.2 Å². The van der Waals surface area contributed by atoms with E-state index in [4.69, 9.17) is 27.9 Å². The van der Waals surface area contributed by atoms with Gasteiger partial charge < -0.3 is 4.74 Å². The minimum atomic E-state index is -4.12. The van der Waals surface area contributed by atoms with Crippen LogP contribution in [-0.4, -0.2) is 25.4 Å². The summed E-state index contributed by atoms with van der Waals surface area (Å²) in [5.74, 6) is -0.589. The predicted molar refractivity (Wildman–Crippen MR) is 98.1 cm³/mol. The Morgan fingerprint density at radius 3 is 2.37 bits per heavy atom. The van der Waals surface area contributed by atoms with Crippen LogP contribution in [0.4, 0.5) is 5.69 Å². The maximum Gasteiger partial charge on any atom is 0.275 e. The van der Waals surface area contributed by atoms with Crippen LogP contribution in [0.5, 0.6) is 5.75 Å². The van der Waals surface area contributed by atoms with Crippen molar-refractivity contribution in [3.63, 3.8) is 0 Å². The van der Waals surface area contributed by atoms with Gasteiger partial charge in [-0.05, 0) is 37.3 Å². The van der Waals surface area contributed by atoms with Gasteiger partial charge in [-0.15, -0.1) is 4.83 Å². The number of halogens is 2. The van der Waals surface area contributed by atoms with E-state index < -0.39 is 27.0 Å². The predicted octanol–water partition coefficient (Wildman–Crippen LogP) is 2.68. The first kappa shape index (κ1) is 20.9. The molecule has 0 radical (unpaired) electrons. The molecule has 2 N–H and O–H groups in total. The Bertz CT molecular complexity index is 966. The van der Waals surface area contributed by atoms with E-state index in [1.54, 1.807) is 0 Å². The monoisotopic (exact) mass is 433 g/mol. The second kappa shape index (κ2) is 8.53. The Kier molecular flexibility index (Phi) is 6.60. The summed E-state index contributed by atoms with van der Waals surface area (Å²) < 4.78 is 29.6. The van der Waals surface area contributed by atoms with Crippen molar-refractivity contribution in [3.05, 3.63) is 62.6 Å². The molecule has 0 aliphatic heterocycles. The summed E-state index contributed by atoms with van der Waals surface area (Å²) >= 11 is 11.7. The summed E-state index contributed by atoms with van der Waals surface area (Å²) in [6.07, 6.45) is -1.08. The summed E-state index contributed by atoms with van der Waals surface area (Å²) in [6.45, 7) is 1.39. The fraction of sp³-hybridized carbons (Fsp3) is 0.133. The van der Waals surface area contributed by atoms with E-state index in [0.717, 1.165) is 24.3 Å². The molecule has 2 aromatic carbocycles. The molecule has 0 aliphatic carbocycles. The van der Waals surface area contributed by atoms with E-state index in [1.165, 1.54) is 25.1 Å². The van der Waals surface area contributed by atoms with E-state index in [2.05, 4.69) is 0 Å². The molecule has 2 aromatic rings. The van der Waals surface area contributed by atoms with Crippen LogP contribution in [0.25, 0.3) is 0 Å². The van der Waals surface area contributed by atoms with E-state index in [0.29, 0.717) is 5.02 Å². The standard InChI is InChI=1S/C15H13Cl2N3O6S/c1-9(26-14-7-2-10(16)8-13(14)17)15(21)18-19-27(24,25)12-5-3-11(4-6-12)20(22)23/h2-9,19H,1H3,(H,18,21)/t9-/m1/s1. The number of rotatable bonds is 7. The quantitative estimate of drug-likeness (QED) is 0.510. The number of nitrogens with one attached hydrogen (secondary N) is 2. The Morgan fingerprint density at radius 1 is 1.19 bits per heavy atom. The van der Waals surface area contributed by atoms with E-state index >= 15 is 0 Å². The molecule has 0 saturated carbocycles. The second-order valence-corrected chi connectivity index (χ2v) is 7.71. The molecule has 0 bridgehead atoms. The molecule has 27 heavy (non-hydrogen) atoms. The first-order chi connectivity index (χ1) is 12.6. The molecular formula is C15H13Cl2N3O6S. The van der Waals surface area contributed by atoms with Crippen LogP contribution in [0.1, 0.15) is 6.92 Å². The number of carbonyl (C=O) groups is 1. The number of amides is 1. The molecule has 1 atom stereocenters. The average molecular weight is 434 g/mol. The minimum Gasteiger partial charge on any atom is -0.479 e. The van der Waals surface area contributed by atoms with Crippen molar-refractivity contribution in [2.24, 2.45) is 0 Å². The van der Waals surface area contributed by atoms with Gasteiger partial charge in [0.15, 0.2) is 6.10 Å². The maximum absolute atomic E-state index is 12.1. The first-order valence-electron chi connectivity index (χ1n) is 7.28. The largest absolute Gasteiger partial charge is 0.479 e. The number of non-ortho nitro benzene ring substituents is 1. The zero-order chi connectivity index (χ0) is 20.2. The SMILES string of the molecule is C[C@@H](Oc1ccc(Cl)cc1Cl)C(=O)NNS(=O)(=O)c1ccc([N+](=O)[O-])cc1. The first-order valence-corrected chi connectivity index (χ1v) is 9.52. The van der Waals surface area contributed by atoms with Gasteiger partial charge in [-0.2, -0.15) is 0 Å². The normalized spacial score (nSPS) is 12.3. The third-order valence-corrected chi connectivity index (χ3v) is 5.03. The lowest BCUT2D eigenvalue weighted by molar-refractivity contribution is -0.384. The Labute approximate surface area is 164 Å². The molecule has 0 heterocycles. The fourth-order valence-electron chi connectivity index (χ4n) is 1.84. The van der Waals surface area contributed by atoms with Gasteiger partial charge >= 0.3 is 0 Å². The lowest BCUT2D eigenvalue weighted by Gasteiger charge is -2.16. The van der Waals surface area contributed by atoms with Crippen molar-refractivity contribution >= 4 is 44.8 Å². The zero-order valence-corrected chi connectivity index (χ0v) is 16.0. The minimum absolute atomic E-state index is 0.189. The van der Waals surface area contributed by atoms with Crippen LogP contribution in [-0.2, 0) is 14.8 Å². The topological polar surface area (TPSA) is 128 Å². The molecule has 0 aliphatic rings. The van der Waals surface area contributed by atoms with Crippen molar-refractivity contribution in [2.75, 3.05) is 0 Å². The summed E-state index contributed by atoms with van der Waals surface area (Å²) in [4.78, 5) is 23.6. The van der Waals surface area contributed by atoms with Crippen LogP contribution < -0.4 is 15.0 Å². The lowest BCUT2D eigenvalue weighted by atomic mass is 10.3. The summed E-state index contributed by atoms with van der Waals surface area (Å²) in [6, 6.07) is 8.57. The lowest BCUT2D eigenvalue weighted by Crippen LogP contribution is -2.47. The van der Waals surface area contributed by atoms with Gasteiger partial charge in [0.05, 0.1) is 14.8 Å². The number of ether oxygens (including phenoxy) is 1. The molecule has 2 rings (SSSR count). The molecule has 0 fully saturated rings. The maximum atomic E-state index is 12.1. The van der Waals surface area contributed by atoms with E-state index in [9.17, 15) is 23.3 Å². The molecule has 0 spiro atoms. The molecule has 0 saturated heterocycles. The number of nitro groups is 1. The smallest absolute Gasteiger partial charge is 0.275 e. The van der Waals surface area contributed by atoms with Gasteiger partial charge in [-0.1, -0.05) is 23.2 Å². The highest BCUT2D eigenvalue weighted by atomic mass is 35.5. The molecule has 9 nitrogen and oxygen atoms in total. The third kappa shape index (κ3) is 5.54. The molecule has 1 amide bonds. The van der Waals surface area contributed by atoms with Gasteiger partial charge in [0.25, 0.3) is 21.6 Å². The summed E-state index contributed by atoms with van der Waals surface area (Å²) in [5, 5.41) is 11.2. The van der Waals surface area contributed by atoms with Crippen molar-refractivity contribution < 1.29 is 22.9 Å². The third-order valence-electron chi connectivity index (χ3n) is 3.23. The van der Waals surface area contributed by atoms with E-state index in [-0.39, 0.29) is 21.4 Å². The number of sulfonamides is 1. The Hall–Kier alpha value is -2.40. The number of benzene rings is 2. The summed E-state index contributed by atoms with van der Waals surface area (Å²) in [5.41, 5.74) is 1.74. The molecule has 12 heteroatoms. The van der Waals surface area contributed by atoms with E-state index in [1.807, 2.05) is 10.3 Å². The second-order valence-electron chi connectivity index (χ2n) is 5.18. The molecule has 0 aromatic heterocycles. The van der Waals surface area contributed by atoms with Crippen LogP contribution in [0, 0.1) is 10.1 Å². The zero-order valence-electron chi connectivity index (χ0n) is 13.7.